The molecule has 0 amide bonds. The number of hydrogen-bond acceptors (Lipinski definition) is 2. The van der Waals surface area contributed by atoms with Crippen LogP contribution in [0, 0.1) is 12.3 Å². The summed E-state index contributed by atoms with van der Waals surface area (Å²) in [5.74, 6) is 0.402. The summed E-state index contributed by atoms with van der Waals surface area (Å²) in [6.07, 6.45) is 5.18. The number of nitrogens with one attached hydrogen (secondary N) is 1. The van der Waals surface area contributed by atoms with Crippen LogP contribution in [0.4, 0.5) is 0 Å². The second-order valence-corrected chi connectivity index (χ2v) is 6.74. The molecule has 1 fully saturated rings. The summed E-state index contributed by atoms with van der Waals surface area (Å²) >= 11 is 0. The van der Waals surface area contributed by atoms with Gasteiger partial charge in [0, 0.05) is 17.6 Å². The highest BCUT2D eigenvalue weighted by Crippen LogP contribution is 2.37. The first-order valence-electron chi connectivity index (χ1n) is 7.46. The van der Waals surface area contributed by atoms with Crippen LogP contribution >= 0.6 is 0 Å². The lowest BCUT2D eigenvalue weighted by molar-refractivity contribution is 0.157. The lowest BCUT2D eigenvalue weighted by Gasteiger charge is -2.41. The quantitative estimate of drug-likeness (QED) is 0.849. The van der Waals surface area contributed by atoms with Crippen molar-refractivity contribution < 1.29 is 5.11 Å². The second kappa shape index (κ2) is 5.54. The highest BCUT2D eigenvalue weighted by atomic mass is 16.3. The Bertz CT molecular complexity index is 439. The van der Waals surface area contributed by atoms with Gasteiger partial charge in [0.25, 0.3) is 0 Å². The van der Waals surface area contributed by atoms with Crippen LogP contribution in [-0.2, 0) is 0 Å². The van der Waals surface area contributed by atoms with Crippen molar-refractivity contribution in [2.45, 2.75) is 65.5 Å². The monoisotopic (exact) mass is 261 g/mol. The number of rotatable bonds is 3. The van der Waals surface area contributed by atoms with Gasteiger partial charge < -0.3 is 10.4 Å². The predicted octanol–water partition coefficient (Wildman–Crippen LogP) is 4.32. The molecule has 2 unspecified atom stereocenters. The Kier molecular flexibility index (Phi) is 4.19. The fourth-order valence-corrected chi connectivity index (χ4v) is 3.22. The summed E-state index contributed by atoms with van der Waals surface area (Å²) in [6, 6.07) is 6.58. The van der Waals surface area contributed by atoms with Crippen molar-refractivity contribution in [2.24, 2.45) is 5.41 Å². The standard InChI is InChI=1S/C17H27NO/c1-12-8-9-15(19)14(11-12)13(2)18-16-7-5-6-10-17(16,3)4/h8-9,11,13,16,18-19H,5-7,10H2,1-4H3. The number of aromatic hydroxyl groups is 1. The van der Waals surface area contributed by atoms with Crippen molar-refractivity contribution in [1.82, 2.24) is 5.32 Å². The maximum absolute atomic E-state index is 10.0. The molecule has 2 nitrogen and oxygen atoms in total. The summed E-state index contributed by atoms with van der Waals surface area (Å²) < 4.78 is 0. The summed E-state index contributed by atoms with van der Waals surface area (Å²) in [6.45, 7) is 8.93. The van der Waals surface area contributed by atoms with Crippen LogP contribution < -0.4 is 5.32 Å². The van der Waals surface area contributed by atoms with Gasteiger partial charge in [-0.25, -0.2) is 0 Å². The van der Waals surface area contributed by atoms with Crippen molar-refractivity contribution >= 4 is 0 Å². The fraction of sp³-hybridized carbons (Fsp3) is 0.647. The van der Waals surface area contributed by atoms with E-state index in [2.05, 4.69) is 39.1 Å². The first-order chi connectivity index (χ1) is 8.90. The van der Waals surface area contributed by atoms with Crippen LogP contribution in [0.3, 0.4) is 0 Å². The Labute approximate surface area is 117 Å². The topological polar surface area (TPSA) is 32.3 Å². The average Bonchev–Trinajstić information content (AvgIpc) is 2.34. The van der Waals surface area contributed by atoms with Crippen LogP contribution in [-0.4, -0.2) is 11.1 Å². The third-order valence-corrected chi connectivity index (χ3v) is 4.61. The molecular weight excluding hydrogens is 234 g/mol. The zero-order chi connectivity index (χ0) is 14.0. The van der Waals surface area contributed by atoms with Gasteiger partial charge in [0.15, 0.2) is 0 Å². The largest absolute Gasteiger partial charge is 0.508 e. The van der Waals surface area contributed by atoms with Crippen LogP contribution in [0.5, 0.6) is 5.75 Å². The molecule has 106 valence electrons. The molecule has 0 aliphatic heterocycles. The van der Waals surface area contributed by atoms with Crippen LogP contribution in [0.2, 0.25) is 0 Å². The molecule has 1 saturated carbocycles. The highest BCUT2D eigenvalue weighted by molar-refractivity contribution is 5.37. The molecule has 0 spiro atoms. The molecule has 0 heterocycles. The van der Waals surface area contributed by atoms with Gasteiger partial charge in [-0.3, -0.25) is 0 Å². The molecule has 2 rings (SSSR count). The third kappa shape index (κ3) is 3.30. The van der Waals surface area contributed by atoms with Gasteiger partial charge in [0.1, 0.15) is 5.75 Å². The molecule has 1 aliphatic rings. The Morgan fingerprint density at radius 3 is 2.74 bits per heavy atom. The number of hydrogen-bond donors (Lipinski definition) is 2. The van der Waals surface area contributed by atoms with Gasteiger partial charge in [-0.15, -0.1) is 0 Å². The number of phenols is 1. The maximum Gasteiger partial charge on any atom is 0.120 e. The Morgan fingerprint density at radius 1 is 1.32 bits per heavy atom. The SMILES string of the molecule is Cc1ccc(O)c(C(C)NC2CCCCC2(C)C)c1. The van der Waals surface area contributed by atoms with E-state index < -0.39 is 0 Å². The van der Waals surface area contributed by atoms with Crippen molar-refractivity contribution in [3.05, 3.63) is 29.3 Å². The molecule has 2 N–H and O–H groups in total. The lowest BCUT2D eigenvalue weighted by Crippen LogP contribution is -2.45. The highest BCUT2D eigenvalue weighted by Gasteiger charge is 2.33. The zero-order valence-electron chi connectivity index (χ0n) is 12.7. The number of benzene rings is 1. The number of aryl methyl sites for hydroxylation is 1. The van der Waals surface area contributed by atoms with Crippen molar-refractivity contribution in [1.29, 1.82) is 0 Å². The van der Waals surface area contributed by atoms with E-state index in [1.807, 2.05) is 6.07 Å². The maximum atomic E-state index is 10.0. The summed E-state index contributed by atoms with van der Waals surface area (Å²) in [4.78, 5) is 0. The molecule has 0 bridgehead atoms. The molecule has 2 heteroatoms. The van der Waals surface area contributed by atoms with Gasteiger partial charge in [0.2, 0.25) is 0 Å². The minimum atomic E-state index is 0.197. The Balaban J connectivity index is 2.12. The molecule has 1 aromatic carbocycles. The molecule has 2 atom stereocenters. The smallest absolute Gasteiger partial charge is 0.120 e. The average molecular weight is 261 g/mol. The van der Waals surface area contributed by atoms with Gasteiger partial charge in [-0.05, 0) is 38.2 Å². The molecule has 1 aliphatic carbocycles. The third-order valence-electron chi connectivity index (χ3n) is 4.61. The van der Waals surface area contributed by atoms with Gasteiger partial charge in [-0.1, -0.05) is 44.4 Å². The fourth-order valence-electron chi connectivity index (χ4n) is 3.22. The first kappa shape index (κ1) is 14.4. The zero-order valence-corrected chi connectivity index (χ0v) is 12.7. The van der Waals surface area contributed by atoms with E-state index >= 15 is 0 Å². The van der Waals surface area contributed by atoms with E-state index in [1.54, 1.807) is 6.07 Å². The molecule has 0 radical (unpaired) electrons. The van der Waals surface area contributed by atoms with E-state index in [0.717, 1.165) is 5.56 Å². The minimum Gasteiger partial charge on any atom is -0.508 e. The van der Waals surface area contributed by atoms with E-state index in [1.165, 1.54) is 31.2 Å². The Hall–Kier alpha value is -1.02. The van der Waals surface area contributed by atoms with Gasteiger partial charge >= 0.3 is 0 Å². The van der Waals surface area contributed by atoms with E-state index in [4.69, 9.17) is 0 Å². The Morgan fingerprint density at radius 2 is 2.05 bits per heavy atom. The normalized spacial score (nSPS) is 24.1. The van der Waals surface area contributed by atoms with E-state index in [-0.39, 0.29) is 6.04 Å². The van der Waals surface area contributed by atoms with E-state index in [9.17, 15) is 5.11 Å². The predicted molar refractivity (Wildman–Crippen MR) is 80.4 cm³/mol. The minimum absolute atomic E-state index is 0.197. The van der Waals surface area contributed by atoms with Crippen LogP contribution in [0.25, 0.3) is 0 Å². The number of phenolic OH excluding ortho intramolecular Hbond substituents is 1. The van der Waals surface area contributed by atoms with Crippen molar-refractivity contribution in [3.63, 3.8) is 0 Å². The van der Waals surface area contributed by atoms with Crippen LogP contribution in [0.1, 0.15) is 63.6 Å². The summed E-state index contributed by atoms with van der Waals surface area (Å²) in [5.41, 5.74) is 2.57. The van der Waals surface area contributed by atoms with E-state index in [0.29, 0.717) is 17.2 Å². The molecule has 19 heavy (non-hydrogen) atoms. The molecule has 1 aromatic rings. The molecular formula is C17H27NO. The second-order valence-electron chi connectivity index (χ2n) is 6.74. The van der Waals surface area contributed by atoms with Crippen molar-refractivity contribution in [3.8, 4) is 5.75 Å². The van der Waals surface area contributed by atoms with Gasteiger partial charge in [0.05, 0.1) is 0 Å². The summed E-state index contributed by atoms with van der Waals surface area (Å²) in [7, 11) is 0. The molecule has 0 saturated heterocycles. The van der Waals surface area contributed by atoms with Gasteiger partial charge in [-0.2, -0.15) is 0 Å². The van der Waals surface area contributed by atoms with Crippen LogP contribution in [0.15, 0.2) is 18.2 Å². The lowest BCUT2D eigenvalue weighted by atomic mass is 9.73. The van der Waals surface area contributed by atoms with Crippen molar-refractivity contribution in [2.75, 3.05) is 0 Å². The summed E-state index contributed by atoms with van der Waals surface area (Å²) in [5, 5.41) is 13.8. The molecule has 0 aromatic heterocycles. The first-order valence-corrected chi connectivity index (χ1v) is 7.46.